The summed E-state index contributed by atoms with van der Waals surface area (Å²) in [6, 6.07) is 1.92. The van der Waals surface area contributed by atoms with Gasteiger partial charge in [0.1, 0.15) is 11.8 Å². The van der Waals surface area contributed by atoms with Crippen molar-refractivity contribution in [2.75, 3.05) is 6.54 Å². The van der Waals surface area contributed by atoms with Crippen LogP contribution in [0, 0.1) is 6.92 Å². The first-order valence-corrected chi connectivity index (χ1v) is 7.05. The molecule has 0 amide bonds. The molecule has 0 saturated heterocycles. The maximum atomic E-state index is 6.30. The van der Waals surface area contributed by atoms with E-state index in [2.05, 4.69) is 24.3 Å². The van der Waals surface area contributed by atoms with Gasteiger partial charge in [0.15, 0.2) is 0 Å². The minimum absolute atomic E-state index is 0.0510. The molecule has 0 spiro atoms. The number of rotatable bonds is 6. The molecular formula is C14H20ClN3O. The van der Waals surface area contributed by atoms with Gasteiger partial charge in [0.2, 0.25) is 0 Å². The molecular weight excluding hydrogens is 262 g/mol. The first kappa shape index (κ1) is 14.2. The van der Waals surface area contributed by atoms with Gasteiger partial charge in [-0.3, -0.25) is 4.68 Å². The van der Waals surface area contributed by atoms with E-state index in [1.165, 1.54) is 0 Å². The molecule has 0 aliphatic rings. The maximum absolute atomic E-state index is 6.30. The van der Waals surface area contributed by atoms with Crippen molar-refractivity contribution < 1.29 is 4.42 Å². The Morgan fingerprint density at radius 3 is 2.84 bits per heavy atom. The molecule has 2 heterocycles. The Labute approximate surface area is 118 Å². The molecule has 0 radical (unpaired) electrons. The molecule has 4 nitrogen and oxygen atoms in total. The Kier molecular flexibility index (Phi) is 4.66. The van der Waals surface area contributed by atoms with E-state index >= 15 is 0 Å². The predicted molar refractivity (Wildman–Crippen MR) is 76.5 cm³/mol. The highest BCUT2D eigenvalue weighted by atomic mass is 35.5. The maximum Gasteiger partial charge on any atom is 0.129 e. The predicted octanol–water partition coefficient (Wildman–Crippen LogP) is 3.55. The lowest BCUT2D eigenvalue weighted by molar-refractivity contribution is 0.424. The first-order valence-electron chi connectivity index (χ1n) is 6.67. The van der Waals surface area contributed by atoms with Crippen LogP contribution in [0.5, 0.6) is 0 Å². The molecule has 2 aromatic heterocycles. The smallest absolute Gasteiger partial charge is 0.129 e. The standard InChI is InChI=1S/C14H20ClN3O/c1-4-7-16-12(14-10(3)6-8-19-14)13-11(15)9-17-18(13)5-2/h6,8-9,12,16H,4-5,7H2,1-3H3. The van der Waals surface area contributed by atoms with Crippen molar-refractivity contribution in [1.82, 2.24) is 15.1 Å². The van der Waals surface area contributed by atoms with Gasteiger partial charge >= 0.3 is 0 Å². The van der Waals surface area contributed by atoms with Crippen molar-refractivity contribution in [3.63, 3.8) is 0 Å². The van der Waals surface area contributed by atoms with Crippen LogP contribution in [0.15, 0.2) is 22.9 Å². The van der Waals surface area contributed by atoms with Crippen LogP contribution in [-0.2, 0) is 6.54 Å². The second-order valence-corrected chi connectivity index (χ2v) is 4.96. The molecule has 0 aliphatic carbocycles. The van der Waals surface area contributed by atoms with E-state index in [4.69, 9.17) is 16.0 Å². The second-order valence-electron chi connectivity index (χ2n) is 4.55. The van der Waals surface area contributed by atoms with Gasteiger partial charge in [0.05, 0.1) is 23.2 Å². The molecule has 2 aromatic rings. The third kappa shape index (κ3) is 2.85. The lowest BCUT2D eigenvalue weighted by atomic mass is 10.1. The Morgan fingerprint density at radius 1 is 1.47 bits per heavy atom. The van der Waals surface area contributed by atoms with Crippen molar-refractivity contribution >= 4 is 11.6 Å². The topological polar surface area (TPSA) is 43.0 Å². The largest absolute Gasteiger partial charge is 0.467 e. The number of nitrogens with one attached hydrogen (secondary N) is 1. The number of nitrogens with zero attached hydrogens (tertiary/aromatic N) is 2. The number of aryl methyl sites for hydroxylation is 2. The van der Waals surface area contributed by atoms with Crippen molar-refractivity contribution in [3.05, 3.63) is 40.6 Å². The van der Waals surface area contributed by atoms with Crippen LogP contribution in [0.2, 0.25) is 5.02 Å². The molecule has 19 heavy (non-hydrogen) atoms. The van der Waals surface area contributed by atoms with Crippen molar-refractivity contribution in [2.24, 2.45) is 0 Å². The van der Waals surface area contributed by atoms with Crippen LogP contribution < -0.4 is 5.32 Å². The monoisotopic (exact) mass is 281 g/mol. The SMILES string of the molecule is CCCNC(c1occc1C)c1c(Cl)cnn1CC. The third-order valence-corrected chi connectivity index (χ3v) is 3.46. The van der Waals surface area contributed by atoms with Crippen LogP contribution in [-0.4, -0.2) is 16.3 Å². The van der Waals surface area contributed by atoms with Gasteiger partial charge in [0.25, 0.3) is 0 Å². The number of furan rings is 1. The van der Waals surface area contributed by atoms with Crippen molar-refractivity contribution in [1.29, 1.82) is 0 Å². The molecule has 0 bridgehead atoms. The third-order valence-electron chi connectivity index (χ3n) is 3.17. The highest BCUT2D eigenvalue weighted by molar-refractivity contribution is 6.31. The Hall–Kier alpha value is -1.26. The summed E-state index contributed by atoms with van der Waals surface area (Å²) in [5.74, 6) is 0.908. The molecule has 0 aliphatic heterocycles. The average Bonchev–Trinajstić information content (AvgIpc) is 2.98. The molecule has 1 unspecified atom stereocenters. The first-order chi connectivity index (χ1) is 9.19. The van der Waals surface area contributed by atoms with E-state index in [0.717, 1.165) is 36.5 Å². The van der Waals surface area contributed by atoms with Crippen LogP contribution in [0.3, 0.4) is 0 Å². The van der Waals surface area contributed by atoms with E-state index in [1.807, 2.05) is 17.7 Å². The molecule has 0 aromatic carbocycles. The number of halogens is 1. The summed E-state index contributed by atoms with van der Waals surface area (Å²) in [4.78, 5) is 0. The molecule has 1 atom stereocenters. The van der Waals surface area contributed by atoms with Gasteiger partial charge < -0.3 is 9.73 Å². The van der Waals surface area contributed by atoms with E-state index in [9.17, 15) is 0 Å². The molecule has 1 N–H and O–H groups in total. The summed E-state index contributed by atoms with van der Waals surface area (Å²) in [5, 5.41) is 8.47. The lowest BCUT2D eigenvalue weighted by Gasteiger charge is -2.19. The Morgan fingerprint density at radius 2 is 2.26 bits per heavy atom. The van der Waals surface area contributed by atoms with Crippen molar-refractivity contribution in [3.8, 4) is 0 Å². The van der Waals surface area contributed by atoms with Crippen LogP contribution in [0.25, 0.3) is 0 Å². The zero-order chi connectivity index (χ0) is 13.8. The van der Waals surface area contributed by atoms with E-state index in [0.29, 0.717) is 5.02 Å². The molecule has 2 rings (SSSR count). The van der Waals surface area contributed by atoms with E-state index in [1.54, 1.807) is 12.5 Å². The molecule has 104 valence electrons. The summed E-state index contributed by atoms with van der Waals surface area (Å²) in [5.41, 5.74) is 2.09. The van der Waals surface area contributed by atoms with Gasteiger partial charge in [-0.15, -0.1) is 0 Å². The Balaban J connectivity index is 2.42. The fourth-order valence-corrected chi connectivity index (χ4v) is 2.44. The lowest BCUT2D eigenvalue weighted by Crippen LogP contribution is -2.26. The minimum Gasteiger partial charge on any atom is -0.467 e. The molecule has 0 saturated carbocycles. The zero-order valence-electron chi connectivity index (χ0n) is 11.6. The second kappa shape index (κ2) is 6.26. The van der Waals surface area contributed by atoms with Gasteiger partial charge in [-0.05, 0) is 38.4 Å². The summed E-state index contributed by atoms with van der Waals surface area (Å²) >= 11 is 6.30. The fourth-order valence-electron chi connectivity index (χ4n) is 2.19. The van der Waals surface area contributed by atoms with E-state index in [-0.39, 0.29) is 6.04 Å². The van der Waals surface area contributed by atoms with Gasteiger partial charge in [-0.1, -0.05) is 18.5 Å². The normalized spacial score (nSPS) is 12.8. The van der Waals surface area contributed by atoms with Gasteiger partial charge in [-0.25, -0.2) is 0 Å². The number of hydrogen-bond acceptors (Lipinski definition) is 3. The van der Waals surface area contributed by atoms with E-state index < -0.39 is 0 Å². The Bertz CT molecular complexity index is 533. The number of aromatic nitrogens is 2. The zero-order valence-corrected chi connectivity index (χ0v) is 12.4. The summed E-state index contributed by atoms with van der Waals surface area (Å²) < 4.78 is 7.55. The highest BCUT2D eigenvalue weighted by Crippen LogP contribution is 2.30. The quantitative estimate of drug-likeness (QED) is 0.880. The number of hydrogen-bond donors (Lipinski definition) is 1. The van der Waals surface area contributed by atoms with Gasteiger partial charge in [0, 0.05) is 6.54 Å². The van der Waals surface area contributed by atoms with Crippen LogP contribution >= 0.6 is 11.6 Å². The fraction of sp³-hybridized carbons (Fsp3) is 0.500. The molecule has 0 fully saturated rings. The average molecular weight is 282 g/mol. The van der Waals surface area contributed by atoms with Crippen molar-refractivity contribution in [2.45, 2.75) is 39.8 Å². The minimum atomic E-state index is -0.0510. The molecule has 5 heteroatoms. The van der Waals surface area contributed by atoms with Crippen LogP contribution in [0.4, 0.5) is 0 Å². The van der Waals surface area contributed by atoms with Crippen LogP contribution in [0.1, 0.15) is 43.3 Å². The summed E-state index contributed by atoms with van der Waals surface area (Å²) in [6.45, 7) is 7.92. The summed E-state index contributed by atoms with van der Waals surface area (Å²) in [7, 11) is 0. The summed E-state index contributed by atoms with van der Waals surface area (Å²) in [6.07, 6.45) is 4.46. The van der Waals surface area contributed by atoms with Gasteiger partial charge in [-0.2, -0.15) is 5.10 Å². The highest BCUT2D eigenvalue weighted by Gasteiger charge is 2.25.